The standard InChI is InChI=1S/C16H24BrN3O2/c17-14-4-1-2-5-15(14)22-13-3-6-16(21)19-9-12-20-10-7-18-8-11-20/h1-2,4-5,18H,3,6-13H2,(H,19,21). The van der Waals surface area contributed by atoms with Gasteiger partial charge in [0.1, 0.15) is 5.75 Å². The van der Waals surface area contributed by atoms with Gasteiger partial charge >= 0.3 is 0 Å². The maximum Gasteiger partial charge on any atom is 0.220 e. The maximum absolute atomic E-state index is 11.8. The molecule has 0 saturated carbocycles. The molecule has 2 rings (SSSR count). The number of piperazine rings is 1. The Balaban J connectivity index is 1.51. The first-order chi connectivity index (χ1) is 10.8. The van der Waals surface area contributed by atoms with E-state index in [0.29, 0.717) is 13.0 Å². The number of halogens is 1. The second-order valence-corrected chi connectivity index (χ2v) is 6.18. The molecule has 0 aromatic heterocycles. The van der Waals surface area contributed by atoms with Crippen LogP contribution < -0.4 is 15.4 Å². The molecule has 1 heterocycles. The van der Waals surface area contributed by atoms with Crippen LogP contribution >= 0.6 is 15.9 Å². The van der Waals surface area contributed by atoms with E-state index in [4.69, 9.17) is 4.74 Å². The average molecular weight is 370 g/mol. The summed E-state index contributed by atoms with van der Waals surface area (Å²) in [5.41, 5.74) is 0. The highest BCUT2D eigenvalue weighted by atomic mass is 79.9. The molecule has 1 aromatic carbocycles. The minimum Gasteiger partial charge on any atom is -0.492 e. The number of carbonyl (C=O) groups excluding carboxylic acids is 1. The van der Waals surface area contributed by atoms with E-state index in [-0.39, 0.29) is 5.91 Å². The highest BCUT2D eigenvalue weighted by Gasteiger charge is 2.09. The van der Waals surface area contributed by atoms with Gasteiger partial charge in [0, 0.05) is 45.7 Å². The number of rotatable bonds is 8. The first-order valence-electron chi connectivity index (χ1n) is 7.83. The predicted molar refractivity (Wildman–Crippen MR) is 91.2 cm³/mol. The third-order valence-electron chi connectivity index (χ3n) is 3.60. The number of nitrogens with one attached hydrogen (secondary N) is 2. The van der Waals surface area contributed by atoms with Crippen molar-refractivity contribution < 1.29 is 9.53 Å². The molecule has 1 aliphatic rings. The summed E-state index contributed by atoms with van der Waals surface area (Å²) in [7, 11) is 0. The van der Waals surface area contributed by atoms with E-state index < -0.39 is 0 Å². The van der Waals surface area contributed by atoms with Crippen LogP contribution in [0.25, 0.3) is 0 Å². The Morgan fingerprint density at radius 2 is 2.09 bits per heavy atom. The van der Waals surface area contributed by atoms with Gasteiger partial charge < -0.3 is 15.4 Å². The van der Waals surface area contributed by atoms with Crippen molar-refractivity contribution in [2.75, 3.05) is 45.9 Å². The molecule has 6 heteroatoms. The second-order valence-electron chi connectivity index (χ2n) is 5.32. The van der Waals surface area contributed by atoms with E-state index in [1.54, 1.807) is 0 Å². The molecule has 1 aliphatic heterocycles. The highest BCUT2D eigenvalue weighted by Crippen LogP contribution is 2.23. The molecule has 1 saturated heterocycles. The van der Waals surface area contributed by atoms with E-state index in [1.807, 2.05) is 24.3 Å². The van der Waals surface area contributed by atoms with Gasteiger partial charge in [-0.2, -0.15) is 0 Å². The molecule has 2 N–H and O–H groups in total. The normalized spacial score (nSPS) is 15.5. The van der Waals surface area contributed by atoms with Crippen molar-refractivity contribution in [1.29, 1.82) is 0 Å². The summed E-state index contributed by atoms with van der Waals surface area (Å²) >= 11 is 3.44. The van der Waals surface area contributed by atoms with Crippen LogP contribution in [0.15, 0.2) is 28.7 Å². The summed E-state index contributed by atoms with van der Waals surface area (Å²) in [6.07, 6.45) is 1.23. The molecule has 1 aromatic rings. The summed E-state index contributed by atoms with van der Waals surface area (Å²) < 4.78 is 6.59. The van der Waals surface area contributed by atoms with Crippen LogP contribution in [0.3, 0.4) is 0 Å². The smallest absolute Gasteiger partial charge is 0.220 e. The zero-order chi connectivity index (χ0) is 15.6. The van der Waals surface area contributed by atoms with Crippen LogP contribution in [0.2, 0.25) is 0 Å². The molecular formula is C16H24BrN3O2. The van der Waals surface area contributed by atoms with Crippen molar-refractivity contribution in [2.45, 2.75) is 12.8 Å². The van der Waals surface area contributed by atoms with Crippen molar-refractivity contribution in [2.24, 2.45) is 0 Å². The topological polar surface area (TPSA) is 53.6 Å². The maximum atomic E-state index is 11.8. The Morgan fingerprint density at radius 3 is 2.86 bits per heavy atom. The van der Waals surface area contributed by atoms with Gasteiger partial charge in [-0.15, -0.1) is 0 Å². The number of ether oxygens (including phenoxy) is 1. The van der Waals surface area contributed by atoms with Gasteiger partial charge in [-0.3, -0.25) is 9.69 Å². The lowest BCUT2D eigenvalue weighted by Crippen LogP contribution is -2.46. The van der Waals surface area contributed by atoms with Gasteiger partial charge in [-0.1, -0.05) is 12.1 Å². The van der Waals surface area contributed by atoms with Crippen LogP contribution in [0.1, 0.15) is 12.8 Å². The average Bonchev–Trinajstić information content (AvgIpc) is 2.54. The molecule has 0 atom stereocenters. The fourth-order valence-electron chi connectivity index (χ4n) is 2.35. The SMILES string of the molecule is O=C(CCCOc1ccccc1Br)NCCN1CCNCC1. The molecule has 0 unspecified atom stereocenters. The lowest BCUT2D eigenvalue weighted by molar-refractivity contribution is -0.121. The minimum atomic E-state index is 0.103. The summed E-state index contributed by atoms with van der Waals surface area (Å²) in [5, 5.41) is 6.29. The first kappa shape index (κ1) is 17.2. The van der Waals surface area contributed by atoms with Crippen molar-refractivity contribution >= 4 is 21.8 Å². The lowest BCUT2D eigenvalue weighted by atomic mass is 10.3. The number of para-hydroxylation sites is 1. The molecule has 0 bridgehead atoms. The molecule has 0 radical (unpaired) electrons. The second kappa shape index (κ2) is 9.82. The van der Waals surface area contributed by atoms with Gasteiger partial charge in [-0.25, -0.2) is 0 Å². The largest absolute Gasteiger partial charge is 0.492 e. The molecule has 1 amide bonds. The number of hydrogen-bond donors (Lipinski definition) is 2. The summed E-state index contributed by atoms with van der Waals surface area (Å²) in [5.74, 6) is 0.924. The molecule has 5 nitrogen and oxygen atoms in total. The summed E-state index contributed by atoms with van der Waals surface area (Å²) in [4.78, 5) is 14.1. The quantitative estimate of drug-likeness (QED) is 0.683. The predicted octanol–water partition coefficient (Wildman–Crippen LogP) is 1.63. The third-order valence-corrected chi connectivity index (χ3v) is 4.26. The highest BCUT2D eigenvalue weighted by molar-refractivity contribution is 9.10. The molecule has 1 fully saturated rings. The van der Waals surface area contributed by atoms with Gasteiger partial charge in [0.25, 0.3) is 0 Å². The Bertz CT molecular complexity index is 464. The van der Waals surface area contributed by atoms with Crippen LogP contribution in [-0.2, 0) is 4.79 Å². The first-order valence-corrected chi connectivity index (χ1v) is 8.62. The minimum absolute atomic E-state index is 0.103. The number of amides is 1. The third kappa shape index (κ3) is 6.34. The van der Waals surface area contributed by atoms with E-state index in [2.05, 4.69) is 31.5 Å². The zero-order valence-electron chi connectivity index (χ0n) is 12.8. The fourth-order valence-corrected chi connectivity index (χ4v) is 2.75. The molecule has 0 spiro atoms. The van der Waals surface area contributed by atoms with Crippen LogP contribution in [0.5, 0.6) is 5.75 Å². The molecule has 0 aliphatic carbocycles. The Kier molecular flexibility index (Phi) is 7.70. The number of benzene rings is 1. The van der Waals surface area contributed by atoms with Crippen molar-refractivity contribution in [1.82, 2.24) is 15.5 Å². The van der Waals surface area contributed by atoms with E-state index in [0.717, 1.165) is 55.9 Å². The van der Waals surface area contributed by atoms with E-state index in [9.17, 15) is 4.79 Å². The number of carbonyl (C=O) groups is 1. The molecule has 122 valence electrons. The van der Waals surface area contributed by atoms with Crippen molar-refractivity contribution in [3.8, 4) is 5.75 Å². The molecule has 22 heavy (non-hydrogen) atoms. The Hall–Kier alpha value is -1.11. The van der Waals surface area contributed by atoms with Gasteiger partial charge in [0.05, 0.1) is 11.1 Å². The van der Waals surface area contributed by atoms with Crippen molar-refractivity contribution in [3.05, 3.63) is 28.7 Å². The Morgan fingerprint density at radius 1 is 1.32 bits per heavy atom. The zero-order valence-corrected chi connectivity index (χ0v) is 14.4. The summed E-state index contributed by atoms with van der Waals surface area (Å²) in [6, 6.07) is 7.74. The van der Waals surface area contributed by atoms with E-state index >= 15 is 0 Å². The van der Waals surface area contributed by atoms with Crippen LogP contribution in [-0.4, -0.2) is 56.7 Å². The number of hydrogen-bond acceptors (Lipinski definition) is 4. The Labute approximate surface area is 140 Å². The lowest BCUT2D eigenvalue weighted by Gasteiger charge is -2.27. The van der Waals surface area contributed by atoms with Crippen molar-refractivity contribution in [3.63, 3.8) is 0 Å². The van der Waals surface area contributed by atoms with E-state index in [1.165, 1.54) is 0 Å². The van der Waals surface area contributed by atoms with Gasteiger partial charge in [0.2, 0.25) is 5.91 Å². The van der Waals surface area contributed by atoms with Crippen LogP contribution in [0, 0.1) is 0 Å². The molecular weight excluding hydrogens is 346 g/mol. The summed E-state index contributed by atoms with van der Waals surface area (Å²) in [6.45, 7) is 6.42. The monoisotopic (exact) mass is 369 g/mol. The van der Waals surface area contributed by atoms with Gasteiger partial charge in [-0.05, 0) is 34.5 Å². The van der Waals surface area contributed by atoms with Gasteiger partial charge in [0.15, 0.2) is 0 Å². The fraction of sp³-hybridized carbons (Fsp3) is 0.562. The number of nitrogens with zero attached hydrogens (tertiary/aromatic N) is 1. The van der Waals surface area contributed by atoms with Crippen LogP contribution in [0.4, 0.5) is 0 Å².